The third-order valence-electron chi connectivity index (χ3n) is 5.55. The number of nitrogens with zero attached hydrogens (tertiary/aromatic N) is 3. The number of carbonyl (C=O) groups is 2. The number of hydrogen-bond donors (Lipinski definition) is 3. The highest BCUT2D eigenvalue weighted by molar-refractivity contribution is 6.31. The van der Waals surface area contributed by atoms with Crippen LogP contribution in [-0.2, 0) is 13.2 Å². The fourth-order valence-electron chi connectivity index (χ4n) is 3.83. The molecule has 0 saturated carbocycles. The number of hydrogen-bond acceptors (Lipinski definition) is 5. The highest BCUT2D eigenvalue weighted by Gasteiger charge is 2.30. The van der Waals surface area contributed by atoms with Gasteiger partial charge in [-0.05, 0) is 37.1 Å². The van der Waals surface area contributed by atoms with Gasteiger partial charge in [0.25, 0.3) is 5.91 Å². The summed E-state index contributed by atoms with van der Waals surface area (Å²) in [4.78, 5) is 31.9. The molecule has 1 fully saturated rings. The van der Waals surface area contributed by atoms with Gasteiger partial charge in [0.1, 0.15) is 6.61 Å². The lowest BCUT2D eigenvalue weighted by atomic mass is 10.0. The van der Waals surface area contributed by atoms with E-state index in [1.807, 2.05) is 24.3 Å². The van der Waals surface area contributed by atoms with Crippen LogP contribution in [0, 0.1) is 0 Å². The van der Waals surface area contributed by atoms with Gasteiger partial charge in [0, 0.05) is 47.8 Å². The third-order valence-corrected chi connectivity index (χ3v) is 5.79. The van der Waals surface area contributed by atoms with Crippen molar-refractivity contribution < 1.29 is 19.2 Å². The number of likely N-dealkylation sites (N-methyl/N-ethyl adjacent to an activating group) is 1. The fourth-order valence-corrected chi connectivity index (χ4v) is 4.01. The minimum atomic E-state index is -0.310. The summed E-state index contributed by atoms with van der Waals surface area (Å²) in [6.07, 6.45) is 1.58. The van der Waals surface area contributed by atoms with E-state index in [0.717, 1.165) is 29.4 Å². The Hall–Kier alpha value is -3.04. The average Bonchev–Trinajstić information content (AvgIpc) is 3.43. The van der Waals surface area contributed by atoms with Crippen LogP contribution in [0.1, 0.15) is 34.8 Å². The minimum Gasteiger partial charge on any atom is -0.388 e. The Balaban J connectivity index is 1.34. The van der Waals surface area contributed by atoms with Crippen molar-refractivity contribution >= 4 is 34.4 Å². The predicted octanol–water partition coefficient (Wildman–Crippen LogP) is 2.75. The lowest BCUT2D eigenvalue weighted by Gasteiger charge is -2.37. The molecule has 10 heteroatoms. The fraction of sp³-hybridized carbons (Fsp3) is 0.381. The largest absolute Gasteiger partial charge is 0.388 e. The number of rotatable bonds is 5. The summed E-state index contributed by atoms with van der Waals surface area (Å²) < 4.78 is 4.91. The number of likely N-dealkylation sites (tertiary alicyclic amines) is 1. The van der Waals surface area contributed by atoms with Gasteiger partial charge in [-0.3, -0.25) is 4.79 Å². The maximum absolute atomic E-state index is 12.7. The molecule has 0 radical (unpaired) electrons. The molecule has 3 amide bonds. The standard InChI is InChI=1S/C21H24ClN5O4/c1-26(21(30)23-10-15-8-13-7-14(22)4-5-18(13)24-15)16-3-2-6-27(11-16)20(29)19-9-17(12-28)31-25-19/h4-5,7-9,16,24,28H,2-3,6,10-12H2,1H3,(H,23,30). The molecule has 0 aliphatic carbocycles. The van der Waals surface area contributed by atoms with E-state index in [4.69, 9.17) is 21.2 Å². The van der Waals surface area contributed by atoms with Gasteiger partial charge >= 0.3 is 6.03 Å². The number of carbonyl (C=O) groups excluding carboxylic acids is 2. The third kappa shape index (κ3) is 4.67. The first kappa shape index (κ1) is 21.2. The maximum atomic E-state index is 12.7. The molecule has 1 unspecified atom stereocenters. The van der Waals surface area contributed by atoms with Gasteiger partial charge in [-0.1, -0.05) is 16.8 Å². The summed E-state index contributed by atoms with van der Waals surface area (Å²) in [5, 5.41) is 17.4. The van der Waals surface area contributed by atoms with Crippen molar-refractivity contribution in [2.24, 2.45) is 0 Å². The van der Waals surface area contributed by atoms with Crippen LogP contribution in [0.3, 0.4) is 0 Å². The molecule has 1 atom stereocenters. The Labute approximate surface area is 183 Å². The van der Waals surface area contributed by atoms with Crippen molar-refractivity contribution in [2.45, 2.75) is 32.0 Å². The zero-order valence-electron chi connectivity index (χ0n) is 17.1. The highest BCUT2D eigenvalue weighted by Crippen LogP contribution is 2.21. The normalized spacial score (nSPS) is 16.5. The number of aliphatic hydroxyl groups is 1. The molecular formula is C21H24ClN5O4. The van der Waals surface area contributed by atoms with E-state index in [1.165, 1.54) is 6.07 Å². The van der Waals surface area contributed by atoms with Gasteiger partial charge in [0.15, 0.2) is 11.5 Å². The number of amides is 3. The maximum Gasteiger partial charge on any atom is 0.317 e. The van der Waals surface area contributed by atoms with Gasteiger partial charge in [0.2, 0.25) is 0 Å². The van der Waals surface area contributed by atoms with E-state index in [0.29, 0.717) is 24.7 Å². The molecule has 1 saturated heterocycles. The predicted molar refractivity (Wildman–Crippen MR) is 115 cm³/mol. The van der Waals surface area contributed by atoms with Crippen molar-refractivity contribution in [3.8, 4) is 0 Å². The zero-order chi connectivity index (χ0) is 22.0. The van der Waals surface area contributed by atoms with E-state index in [2.05, 4.69) is 15.5 Å². The summed E-state index contributed by atoms with van der Waals surface area (Å²) in [6.45, 7) is 1.04. The van der Waals surface area contributed by atoms with E-state index in [1.54, 1.807) is 16.8 Å². The van der Waals surface area contributed by atoms with Crippen molar-refractivity contribution in [3.05, 3.63) is 52.5 Å². The molecule has 4 rings (SSSR count). The molecule has 2 aromatic heterocycles. The van der Waals surface area contributed by atoms with Crippen molar-refractivity contribution in [2.75, 3.05) is 20.1 Å². The van der Waals surface area contributed by atoms with Crippen molar-refractivity contribution in [3.63, 3.8) is 0 Å². The molecule has 3 N–H and O–H groups in total. The SMILES string of the molecule is CN(C(=O)NCc1cc2cc(Cl)ccc2[nH]1)C1CCCN(C(=O)c2cc(CO)on2)C1. The van der Waals surface area contributed by atoms with E-state index in [-0.39, 0.29) is 36.0 Å². The molecule has 31 heavy (non-hydrogen) atoms. The Morgan fingerprint density at radius 3 is 3.00 bits per heavy atom. The highest BCUT2D eigenvalue weighted by atomic mass is 35.5. The molecular weight excluding hydrogens is 422 g/mol. The van der Waals surface area contributed by atoms with Crippen LogP contribution >= 0.6 is 11.6 Å². The number of urea groups is 1. The Kier molecular flexibility index (Phi) is 6.15. The number of piperidine rings is 1. The Morgan fingerprint density at radius 1 is 1.39 bits per heavy atom. The number of halogens is 1. The minimum absolute atomic E-state index is 0.108. The zero-order valence-corrected chi connectivity index (χ0v) is 17.9. The second kappa shape index (κ2) is 8.99. The molecule has 1 aromatic carbocycles. The first-order valence-electron chi connectivity index (χ1n) is 10.1. The van der Waals surface area contributed by atoms with Crippen LogP contribution in [0.25, 0.3) is 10.9 Å². The Bertz CT molecular complexity index is 1090. The smallest absolute Gasteiger partial charge is 0.317 e. The molecule has 3 heterocycles. The summed E-state index contributed by atoms with van der Waals surface area (Å²) in [7, 11) is 1.74. The quantitative estimate of drug-likeness (QED) is 0.558. The first-order chi connectivity index (χ1) is 14.9. The van der Waals surface area contributed by atoms with Crippen LogP contribution in [0.4, 0.5) is 4.79 Å². The topological polar surface area (TPSA) is 115 Å². The first-order valence-corrected chi connectivity index (χ1v) is 10.5. The van der Waals surface area contributed by atoms with Gasteiger partial charge in [0.05, 0.1) is 12.6 Å². The molecule has 3 aromatic rings. The molecule has 0 spiro atoms. The van der Waals surface area contributed by atoms with Gasteiger partial charge in [-0.2, -0.15) is 0 Å². The number of benzene rings is 1. The number of aliphatic hydroxyl groups excluding tert-OH is 1. The second-order valence-corrected chi connectivity index (χ2v) is 8.12. The van der Waals surface area contributed by atoms with Crippen molar-refractivity contribution in [1.82, 2.24) is 25.3 Å². The molecule has 0 bridgehead atoms. The molecule has 164 valence electrons. The van der Waals surface area contributed by atoms with Gasteiger partial charge < -0.3 is 29.7 Å². The van der Waals surface area contributed by atoms with Crippen LogP contribution in [0.5, 0.6) is 0 Å². The molecule has 1 aliphatic heterocycles. The van der Waals surface area contributed by atoms with Crippen LogP contribution < -0.4 is 5.32 Å². The number of aromatic nitrogens is 2. The van der Waals surface area contributed by atoms with Crippen LogP contribution in [0.2, 0.25) is 5.02 Å². The van der Waals surface area contributed by atoms with Crippen LogP contribution in [-0.4, -0.2) is 63.2 Å². The number of H-pyrrole nitrogens is 1. The summed E-state index contributed by atoms with van der Waals surface area (Å²) in [5.41, 5.74) is 2.00. The monoisotopic (exact) mass is 445 g/mol. The van der Waals surface area contributed by atoms with Gasteiger partial charge in [-0.15, -0.1) is 0 Å². The lowest BCUT2D eigenvalue weighted by Crippen LogP contribution is -2.52. The summed E-state index contributed by atoms with van der Waals surface area (Å²) in [5.74, 6) is -0.0219. The molecule has 9 nitrogen and oxygen atoms in total. The molecule has 1 aliphatic rings. The number of aromatic amines is 1. The van der Waals surface area contributed by atoms with E-state index >= 15 is 0 Å². The lowest BCUT2D eigenvalue weighted by molar-refractivity contribution is 0.0626. The second-order valence-electron chi connectivity index (χ2n) is 7.68. The van der Waals surface area contributed by atoms with E-state index < -0.39 is 0 Å². The number of nitrogens with one attached hydrogen (secondary N) is 2. The average molecular weight is 446 g/mol. The van der Waals surface area contributed by atoms with E-state index in [9.17, 15) is 9.59 Å². The summed E-state index contributed by atoms with van der Waals surface area (Å²) >= 11 is 6.03. The van der Waals surface area contributed by atoms with Crippen molar-refractivity contribution in [1.29, 1.82) is 0 Å². The van der Waals surface area contributed by atoms with Gasteiger partial charge in [-0.25, -0.2) is 4.79 Å². The number of fused-ring (bicyclic) bond motifs is 1. The van der Waals surface area contributed by atoms with Crippen LogP contribution in [0.15, 0.2) is 34.9 Å². The Morgan fingerprint density at radius 2 is 2.23 bits per heavy atom. The summed E-state index contributed by atoms with van der Waals surface area (Å²) in [6, 6.07) is 8.68.